The Kier molecular flexibility index (Phi) is 2.33. The lowest BCUT2D eigenvalue weighted by Crippen LogP contribution is -2.24. The quantitative estimate of drug-likeness (QED) is 0.716. The summed E-state index contributed by atoms with van der Waals surface area (Å²) >= 11 is 0. The Bertz CT molecular complexity index is 320. The number of ether oxygens (including phenoxy) is 2. The van der Waals surface area contributed by atoms with Gasteiger partial charge >= 0.3 is 0 Å². The summed E-state index contributed by atoms with van der Waals surface area (Å²) < 4.78 is 13.0. The standard InChI is InChI=1S/C10H16N2O2/c1-8-4-5-12(11-8)6-9-7-13-10(2,3)14-9/h4-5,9H,6-7H2,1-3H3/t9-/m1/s1. The van der Waals surface area contributed by atoms with E-state index in [4.69, 9.17) is 9.47 Å². The van der Waals surface area contributed by atoms with Crippen LogP contribution in [-0.2, 0) is 16.0 Å². The molecule has 0 unspecified atom stereocenters. The van der Waals surface area contributed by atoms with Crippen LogP contribution >= 0.6 is 0 Å². The van der Waals surface area contributed by atoms with Gasteiger partial charge in [-0.25, -0.2) is 0 Å². The molecule has 0 N–H and O–H groups in total. The average Bonchev–Trinajstić information content (AvgIpc) is 2.59. The molecule has 0 radical (unpaired) electrons. The number of hydrogen-bond acceptors (Lipinski definition) is 3. The second-order valence-corrected chi connectivity index (χ2v) is 4.13. The molecule has 0 saturated carbocycles. The summed E-state index contributed by atoms with van der Waals surface area (Å²) in [7, 11) is 0. The summed E-state index contributed by atoms with van der Waals surface area (Å²) in [6.45, 7) is 7.25. The third kappa shape index (κ3) is 2.13. The highest BCUT2D eigenvalue weighted by Crippen LogP contribution is 2.22. The first kappa shape index (κ1) is 9.68. The number of hydrogen-bond donors (Lipinski definition) is 0. The lowest BCUT2D eigenvalue weighted by molar-refractivity contribution is -0.139. The lowest BCUT2D eigenvalue weighted by Gasteiger charge is -2.16. The molecule has 0 amide bonds. The first-order valence-corrected chi connectivity index (χ1v) is 4.87. The Morgan fingerprint density at radius 3 is 2.93 bits per heavy atom. The van der Waals surface area contributed by atoms with Crippen molar-refractivity contribution in [1.82, 2.24) is 9.78 Å². The van der Waals surface area contributed by atoms with E-state index in [1.807, 2.05) is 37.7 Å². The average molecular weight is 196 g/mol. The third-order valence-electron chi connectivity index (χ3n) is 2.23. The maximum absolute atomic E-state index is 5.68. The maximum atomic E-state index is 5.68. The molecule has 4 nitrogen and oxygen atoms in total. The number of aromatic nitrogens is 2. The molecule has 0 aliphatic carbocycles. The van der Waals surface area contributed by atoms with Crippen LogP contribution in [0.1, 0.15) is 19.5 Å². The van der Waals surface area contributed by atoms with Crippen LogP contribution in [-0.4, -0.2) is 28.3 Å². The Labute approximate surface area is 83.8 Å². The van der Waals surface area contributed by atoms with Crippen LogP contribution < -0.4 is 0 Å². The maximum Gasteiger partial charge on any atom is 0.163 e. The zero-order valence-corrected chi connectivity index (χ0v) is 8.86. The second kappa shape index (κ2) is 3.37. The van der Waals surface area contributed by atoms with E-state index in [0.29, 0.717) is 6.61 Å². The topological polar surface area (TPSA) is 36.3 Å². The van der Waals surface area contributed by atoms with Gasteiger partial charge in [-0.05, 0) is 26.8 Å². The predicted molar refractivity (Wildman–Crippen MR) is 51.9 cm³/mol. The molecule has 0 spiro atoms. The molecule has 1 aromatic rings. The monoisotopic (exact) mass is 196 g/mol. The Balaban J connectivity index is 1.94. The van der Waals surface area contributed by atoms with Crippen molar-refractivity contribution in [2.24, 2.45) is 0 Å². The van der Waals surface area contributed by atoms with Gasteiger partial charge in [0.1, 0.15) is 6.10 Å². The Morgan fingerprint density at radius 2 is 2.43 bits per heavy atom. The van der Waals surface area contributed by atoms with Gasteiger partial charge in [0.15, 0.2) is 5.79 Å². The van der Waals surface area contributed by atoms with E-state index >= 15 is 0 Å². The van der Waals surface area contributed by atoms with E-state index in [2.05, 4.69) is 5.10 Å². The van der Waals surface area contributed by atoms with Crippen molar-refractivity contribution in [2.45, 2.75) is 39.2 Å². The van der Waals surface area contributed by atoms with Gasteiger partial charge in [-0.2, -0.15) is 5.10 Å². The molecule has 78 valence electrons. The molecule has 1 aliphatic rings. The van der Waals surface area contributed by atoms with E-state index in [9.17, 15) is 0 Å². The fraction of sp³-hybridized carbons (Fsp3) is 0.700. The van der Waals surface area contributed by atoms with Crippen molar-refractivity contribution in [2.75, 3.05) is 6.61 Å². The van der Waals surface area contributed by atoms with Crippen LogP contribution in [0.5, 0.6) is 0 Å². The smallest absolute Gasteiger partial charge is 0.163 e. The lowest BCUT2D eigenvalue weighted by atomic mass is 10.4. The van der Waals surface area contributed by atoms with Crippen molar-refractivity contribution in [3.05, 3.63) is 18.0 Å². The molecule has 1 aliphatic heterocycles. The van der Waals surface area contributed by atoms with E-state index in [1.165, 1.54) is 0 Å². The van der Waals surface area contributed by atoms with E-state index in [1.54, 1.807) is 0 Å². The highest BCUT2D eigenvalue weighted by molar-refractivity contribution is 4.95. The molecular formula is C10H16N2O2. The highest BCUT2D eigenvalue weighted by Gasteiger charge is 2.32. The summed E-state index contributed by atoms with van der Waals surface area (Å²) in [6.07, 6.45) is 2.08. The van der Waals surface area contributed by atoms with Crippen molar-refractivity contribution in [3.63, 3.8) is 0 Å². The van der Waals surface area contributed by atoms with Crippen molar-refractivity contribution < 1.29 is 9.47 Å². The van der Waals surface area contributed by atoms with E-state index < -0.39 is 5.79 Å². The zero-order chi connectivity index (χ0) is 10.2. The molecule has 2 rings (SSSR count). The second-order valence-electron chi connectivity index (χ2n) is 4.13. The molecule has 1 atom stereocenters. The van der Waals surface area contributed by atoms with Crippen LogP contribution in [0.3, 0.4) is 0 Å². The first-order chi connectivity index (χ1) is 6.55. The Morgan fingerprint density at radius 1 is 1.64 bits per heavy atom. The number of rotatable bonds is 2. The van der Waals surface area contributed by atoms with Gasteiger partial charge < -0.3 is 9.47 Å². The summed E-state index contributed by atoms with van der Waals surface area (Å²) in [4.78, 5) is 0. The molecular weight excluding hydrogens is 180 g/mol. The number of aryl methyl sites for hydroxylation is 1. The van der Waals surface area contributed by atoms with Crippen LogP contribution in [0.25, 0.3) is 0 Å². The van der Waals surface area contributed by atoms with Crippen molar-refractivity contribution in [3.8, 4) is 0 Å². The van der Waals surface area contributed by atoms with Crippen LogP contribution in [0.4, 0.5) is 0 Å². The van der Waals surface area contributed by atoms with Gasteiger partial charge in [-0.1, -0.05) is 0 Å². The highest BCUT2D eigenvalue weighted by atomic mass is 16.7. The minimum absolute atomic E-state index is 0.115. The molecule has 4 heteroatoms. The van der Waals surface area contributed by atoms with Crippen molar-refractivity contribution in [1.29, 1.82) is 0 Å². The minimum Gasteiger partial charge on any atom is -0.348 e. The molecule has 14 heavy (non-hydrogen) atoms. The van der Waals surface area contributed by atoms with E-state index in [0.717, 1.165) is 12.2 Å². The van der Waals surface area contributed by atoms with Gasteiger partial charge in [0.05, 0.1) is 18.8 Å². The molecule has 0 aromatic carbocycles. The van der Waals surface area contributed by atoms with Gasteiger partial charge in [0.25, 0.3) is 0 Å². The SMILES string of the molecule is Cc1ccn(C[C@@H]2COC(C)(C)O2)n1. The van der Waals surface area contributed by atoms with Gasteiger partial charge in [0, 0.05) is 6.20 Å². The van der Waals surface area contributed by atoms with Crippen molar-refractivity contribution >= 4 is 0 Å². The fourth-order valence-corrected chi connectivity index (χ4v) is 1.63. The third-order valence-corrected chi connectivity index (χ3v) is 2.23. The van der Waals surface area contributed by atoms with Crippen LogP contribution in [0, 0.1) is 6.92 Å². The molecule has 1 aromatic heterocycles. The normalized spacial score (nSPS) is 25.5. The molecule has 1 fully saturated rings. The number of nitrogens with zero attached hydrogens (tertiary/aromatic N) is 2. The van der Waals surface area contributed by atoms with E-state index in [-0.39, 0.29) is 6.10 Å². The van der Waals surface area contributed by atoms with Gasteiger partial charge in [-0.3, -0.25) is 4.68 Å². The predicted octanol–water partition coefficient (Wildman–Crippen LogP) is 1.34. The molecule has 2 heterocycles. The summed E-state index contributed by atoms with van der Waals surface area (Å²) in [6, 6.07) is 1.99. The fourth-order valence-electron chi connectivity index (χ4n) is 1.63. The van der Waals surface area contributed by atoms with Crippen LogP contribution in [0.15, 0.2) is 12.3 Å². The largest absolute Gasteiger partial charge is 0.348 e. The zero-order valence-electron chi connectivity index (χ0n) is 8.86. The minimum atomic E-state index is -0.438. The van der Waals surface area contributed by atoms with Gasteiger partial charge in [-0.15, -0.1) is 0 Å². The van der Waals surface area contributed by atoms with Gasteiger partial charge in [0.2, 0.25) is 0 Å². The summed E-state index contributed by atoms with van der Waals surface area (Å²) in [5.74, 6) is -0.438. The summed E-state index contributed by atoms with van der Waals surface area (Å²) in [5, 5.41) is 4.30. The molecule has 0 bridgehead atoms. The molecule has 1 saturated heterocycles. The van der Waals surface area contributed by atoms with Crippen LogP contribution in [0.2, 0.25) is 0 Å². The summed E-state index contributed by atoms with van der Waals surface area (Å²) in [5.41, 5.74) is 1.03. The first-order valence-electron chi connectivity index (χ1n) is 4.87. The Hall–Kier alpha value is -0.870.